The maximum Gasteiger partial charge on any atom is 0.193 e. The van der Waals surface area contributed by atoms with Crippen LogP contribution in [0.15, 0.2) is 28.6 Å². The summed E-state index contributed by atoms with van der Waals surface area (Å²) in [5.74, 6) is 0. The van der Waals surface area contributed by atoms with Crippen molar-refractivity contribution in [3.8, 4) is 0 Å². The van der Waals surface area contributed by atoms with Crippen molar-refractivity contribution in [3.63, 3.8) is 0 Å². The first-order valence-corrected chi connectivity index (χ1v) is 6.61. The lowest BCUT2D eigenvalue weighted by molar-refractivity contribution is 0.690. The number of nitrogens with two attached hydrogens (primary N) is 1. The van der Waals surface area contributed by atoms with Crippen LogP contribution in [0, 0.1) is 6.92 Å². The van der Waals surface area contributed by atoms with E-state index < -0.39 is 0 Å². The first-order chi connectivity index (χ1) is 8.54. The van der Waals surface area contributed by atoms with Gasteiger partial charge in [-0.05, 0) is 43.7 Å². The minimum absolute atomic E-state index is 0.131. The van der Waals surface area contributed by atoms with Crippen LogP contribution in [0.1, 0.15) is 18.2 Å². The van der Waals surface area contributed by atoms with Crippen molar-refractivity contribution < 1.29 is 0 Å². The zero-order valence-corrected chi connectivity index (χ0v) is 11.6. The van der Waals surface area contributed by atoms with Crippen LogP contribution in [0.5, 0.6) is 0 Å². The molecule has 0 aliphatic carbocycles. The van der Waals surface area contributed by atoms with Gasteiger partial charge in [0.2, 0.25) is 0 Å². The minimum atomic E-state index is 0.131. The van der Waals surface area contributed by atoms with Crippen molar-refractivity contribution >= 4 is 11.8 Å². The lowest BCUT2D eigenvalue weighted by Crippen LogP contribution is -2.17. The van der Waals surface area contributed by atoms with Gasteiger partial charge in [-0.25, -0.2) is 9.97 Å². The highest BCUT2D eigenvalue weighted by molar-refractivity contribution is 7.99. The van der Waals surface area contributed by atoms with Crippen LogP contribution in [-0.2, 0) is 13.5 Å². The molecule has 0 aromatic carbocycles. The summed E-state index contributed by atoms with van der Waals surface area (Å²) >= 11 is 1.51. The van der Waals surface area contributed by atoms with Gasteiger partial charge < -0.3 is 5.73 Å². The minimum Gasteiger partial charge on any atom is -0.328 e. The summed E-state index contributed by atoms with van der Waals surface area (Å²) in [6, 6.07) is 2.15. The van der Waals surface area contributed by atoms with Crippen molar-refractivity contribution in [1.82, 2.24) is 19.7 Å². The Kier molecular flexibility index (Phi) is 3.98. The molecule has 5 nitrogen and oxygen atoms in total. The van der Waals surface area contributed by atoms with E-state index in [1.165, 1.54) is 11.8 Å². The van der Waals surface area contributed by atoms with E-state index in [4.69, 9.17) is 5.73 Å². The molecule has 0 spiro atoms. The van der Waals surface area contributed by atoms with E-state index in [9.17, 15) is 0 Å². The number of aromatic nitrogens is 4. The summed E-state index contributed by atoms with van der Waals surface area (Å²) in [5.41, 5.74) is 7.80. The molecule has 0 amide bonds. The van der Waals surface area contributed by atoms with Crippen LogP contribution in [-0.4, -0.2) is 25.8 Å². The first-order valence-electron chi connectivity index (χ1n) is 5.79. The van der Waals surface area contributed by atoms with E-state index in [0.717, 1.165) is 27.9 Å². The fourth-order valence-corrected chi connectivity index (χ4v) is 2.45. The van der Waals surface area contributed by atoms with Crippen LogP contribution in [0.3, 0.4) is 0 Å². The van der Waals surface area contributed by atoms with Crippen molar-refractivity contribution in [2.75, 3.05) is 0 Å². The third-order valence-corrected chi connectivity index (χ3v) is 3.38. The molecule has 2 aromatic rings. The molecule has 2 heterocycles. The fraction of sp³-hybridized carbons (Fsp3) is 0.417. The molecule has 2 N–H and O–H groups in total. The Labute approximate surface area is 111 Å². The zero-order valence-electron chi connectivity index (χ0n) is 10.8. The molecule has 0 aliphatic rings. The second-order valence-corrected chi connectivity index (χ2v) is 5.39. The Morgan fingerprint density at radius 1 is 1.39 bits per heavy atom. The second kappa shape index (κ2) is 5.49. The average Bonchev–Trinajstić information content (AvgIpc) is 2.59. The number of rotatable bonds is 4. The molecule has 2 rings (SSSR count). The fourth-order valence-electron chi connectivity index (χ4n) is 1.65. The zero-order chi connectivity index (χ0) is 13.1. The summed E-state index contributed by atoms with van der Waals surface area (Å²) in [6.07, 6.45) is 4.47. The maximum absolute atomic E-state index is 5.74. The molecule has 0 aliphatic heterocycles. The quantitative estimate of drug-likeness (QED) is 0.848. The van der Waals surface area contributed by atoms with E-state index in [1.807, 2.05) is 44.0 Å². The molecular formula is C12H17N5S. The van der Waals surface area contributed by atoms with Crippen LogP contribution in [0.25, 0.3) is 0 Å². The molecule has 18 heavy (non-hydrogen) atoms. The number of hydrogen-bond acceptors (Lipinski definition) is 5. The number of nitrogens with zero attached hydrogens (tertiary/aromatic N) is 4. The van der Waals surface area contributed by atoms with Gasteiger partial charge >= 0.3 is 0 Å². The molecule has 0 saturated heterocycles. The van der Waals surface area contributed by atoms with Crippen LogP contribution in [0.4, 0.5) is 0 Å². The summed E-state index contributed by atoms with van der Waals surface area (Å²) in [7, 11) is 1.92. The number of aryl methyl sites for hydroxylation is 2. The third-order valence-electron chi connectivity index (χ3n) is 2.39. The number of hydrogen-bond donors (Lipinski definition) is 1. The summed E-state index contributed by atoms with van der Waals surface area (Å²) in [5, 5.41) is 6.05. The van der Waals surface area contributed by atoms with Crippen molar-refractivity contribution in [2.24, 2.45) is 12.8 Å². The lowest BCUT2D eigenvalue weighted by Gasteiger charge is -2.05. The molecule has 0 radical (unpaired) electrons. The summed E-state index contributed by atoms with van der Waals surface area (Å²) < 4.78 is 1.83. The van der Waals surface area contributed by atoms with Gasteiger partial charge in [-0.1, -0.05) is 0 Å². The lowest BCUT2D eigenvalue weighted by atomic mass is 10.1. The van der Waals surface area contributed by atoms with Crippen LogP contribution >= 0.6 is 11.8 Å². The molecule has 1 atom stereocenters. The Balaban J connectivity index is 2.08. The predicted molar refractivity (Wildman–Crippen MR) is 71.5 cm³/mol. The highest BCUT2D eigenvalue weighted by atomic mass is 32.2. The SMILES string of the molecule is Cc1cc(Sc2ncc(CC(C)N)cn2)n(C)n1. The normalized spacial score (nSPS) is 12.7. The van der Waals surface area contributed by atoms with Gasteiger partial charge in [0.25, 0.3) is 0 Å². The largest absolute Gasteiger partial charge is 0.328 e. The predicted octanol–water partition coefficient (Wildman–Crippen LogP) is 1.56. The van der Waals surface area contributed by atoms with Crippen molar-refractivity contribution in [2.45, 2.75) is 36.5 Å². The third kappa shape index (κ3) is 3.30. The van der Waals surface area contributed by atoms with E-state index in [1.54, 1.807) is 0 Å². The standard InChI is InChI=1S/C12H17N5S/c1-8(13)4-10-6-14-12(15-7-10)18-11-5-9(2)16-17(11)3/h5-8H,4,13H2,1-3H3. The van der Waals surface area contributed by atoms with Gasteiger partial charge in [0.05, 0.1) is 5.69 Å². The first kappa shape index (κ1) is 13.0. The second-order valence-electron chi connectivity index (χ2n) is 4.40. The van der Waals surface area contributed by atoms with Gasteiger partial charge in [0.15, 0.2) is 5.16 Å². The van der Waals surface area contributed by atoms with Crippen LogP contribution < -0.4 is 5.73 Å². The Morgan fingerprint density at radius 3 is 2.56 bits per heavy atom. The van der Waals surface area contributed by atoms with Gasteiger partial charge in [0.1, 0.15) is 5.03 Å². The smallest absolute Gasteiger partial charge is 0.193 e. The molecule has 2 aromatic heterocycles. The highest BCUT2D eigenvalue weighted by Gasteiger charge is 2.07. The Morgan fingerprint density at radius 2 is 2.06 bits per heavy atom. The molecule has 0 fully saturated rings. The van der Waals surface area contributed by atoms with Gasteiger partial charge in [-0.15, -0.1) is 0 Å². The van der Waals surface area contributed by atoms with Crippen molar-refractivity contribution in [3.05, 3.63) is 29.7 Å². The van der Waals surface area contributed by atoms with Crippen LogP contribution in [0.2, 0.25) is 0 Å². The maximum atomic E-state index is 5.74. The monoisotopic (exact) mass is 263 g/mol. The molecular weight excluding hydrogens is 246 g/mol. The van der Waals surface area contributed by atoms with E-state index in [-0.39, 0.29) is 6.04 Å². The highest BCUT2D eigenvalue weighted by Crippen LogP contribution is 2.24. The Bertz CT molecular complexity index is 518. The van der Waals surface area contributed by atoms with E-state index >= 15 is 0 Å². The molecule has 6 heteroatoms. The topological polar surface area (TPSA) is 69.6 Å². The summed E-state index contributed by atoms with van der Waals surface area (Å²) in [6.45, 7) is 3.94. The summed E-state index contributed by atoms with van der Waals surface area (Å²) in [4.78, 5) is 8.67. The Hall–Kier alpha value is -1.40. The van der Waals surface area contributed by atoms with Gasteiger partial charge in [-0.3, -0.25) is 4.68 Å². The molecule has 0 bridgehead atoms. The van der Waals surface area contributed by atoms with Gasteiger partial charge in [0, 0.05) is 25.5 Å². The molecule has 1 unspecified atom stereocenters. The van der Waals surface area contributed by atoms with Crippen molar-refractivity contribution in [1.29, 1.82) is 0 Å². The average molecular weight is 263 g/mol. The van der Waals surface area contributed by atoms with Gasteiger partial charge in [-0.2, -0.15) is 5.10 Å². The van der Waals surface area contributed by atoms with E-state index in [0.29, 0.717) is 0 Å². The van der Waals surface area contributed by atoms with E-state index in [2.05, 4.69) is 15.1 Å². The molecule has 0 saturated carbocycles. The molecule has 96 valence electrons.